The van der Waals surface area contributed by atoms with Crippen molar-refractivity contribution in [3.05, 3.63) is 53.6 Å². The zero-order valence-electron chi connectivity index (χ0n) is 12.2. The largest absolute Gasteiger partial charge is 0.479 e. The van der Waals surface area contributed by atoms with Gasteiger partial charge in [-0.2, -0.15) is 0 Å². The molecule has 0 bridgehead atoms. The van der Waals surface area contributed by atoms with Crippen molar-refractivity contribution in [1.29, 1.82) is 0 Å². The van der Waals surface area contributed by atoms with Gasteiger partial charge in [0.1, 0.15) is 5.75 Å². The van der Waals surface area contributed by atoms with Crippen LogP contribution in [0.15, 0.2) is 53.4 Å². The van der Waals surface area contributed by atoms with E-state index in [0.29, 0.717) is 16.5 Å². The van der Waals surface area contributed by atoms with E-state index in [-0.39, 0.29) is 4.90 Å². The van der Waals surface area contributed by atoms with E-state index in [4.69, 9.17) is 21.5 Å². The van der Waals surface area contributed by atoms with E-state index in [1.54, 1.807) is 31.2 Å². The first-order chi connectivity index (χ1) is 10.8. The molecule has 2 aromatic carbocycles. The minimum Gasteiger partial charge on any atom is -0.479 e. The van der Waals surface area contributed by atoms with Crippen LogP contribution in [0.1, 0.15) is 6.92 Å². The van der Waals surface area contributed by atoms with Crippen LogP contribution in [0.5, 0.6) is 5.75 Å². The summed E-state index contributed by atoms with van der Waals surface area (Å²) in [6.45, 7) is 1.58. The molecule has 0 spiro atoms. The molecule has 23 heavy (non-hydrogen) atoms. The van der Waals surface area contributed by atoms with Gasteiger partial charge in [0.25, 0.3) is 5.91 Å². The summed E-state index contributed by atoms with van der Waals surface area (Å²) in [5.74, 6) is 0.00895. The number of rotatable bonds is 5. The number of hydrogen-bond donors (Lipinski definition) is 2. The quantitative estimate of drug-likeness (QED) is 0.861. The number of carbonyl (C=O) groups is 1. The second kappa shape index (κ2) is 6.99. The van der Waals surface area contributed by atoms with Crippen LogP contribution in [0.2, 0.25) is 5.02 Å². The second-order valence-electron chi connectivity index (χ2n) is 4.75. The number of carbonyl (C=O) groups excluding carboxylic acids is 1. The summed E-state index contributed by atoms with van der Waals surface area (Å²) in [6.07, 6.45) is -0.784. The molecule has 1 amide bonds. The summed E-state index contributed by atoms with van der Waals surface area (Å²) in [4.78, 5) is 12.1. The molecule has 0 unspecified atom stereocenters. The topological polar surface area (TPSA) is 98.5 Å². The average Bonchev–Trinajstić information content (AvgIpc) is 2.49. The first-order valence-electron chi connectivity index (χ1n) is 6.62. The van der Waals surface area contributed by atoms with E-state index in [9.17, 15) is 13.2 Å². The van der Waals surface area contributed by atoms with Gasteiger partial charge in [0, 0.05) is 5.69 Å². The summed E-state index contributed by atoms with van der Waals surface area (Å²) in [5, 5.41) is 8.03. The van der Waals surface area contributed by atoms with Gasteiger partial charge in [-0.05, 0) is 43.3 Å². The first-order valence-corrected chi connectivity index (χ1v) is 8.55. The number of hydrogen-bond acceptors (Lipinski definition) is 4. The molecule has 8 heteroatoms. The fourth-order valence-corrected chi connectivity index (χ4v) is 2.45. The maximum Gasteiger partial charge on any atom is 0.265 e. The molecular formula is C15H15ClN2O4S. The summed E-state index contributed by atoms with van der Waals surface area (Å²) in [7, 11) is -3.76. The van der Waals surface area contributed by atoms with Crippen molar-refractivity contribution in [2.24, 2.45) is 5.14 Å². The predicted molar refractivity (Wildman–Crippen MR) is 88.0 cm³/mol. The summed E-state index contributed by atoms with van der Waals surface area (Å²) in [5.41, 5.74) is 0.428. The minimum atomic E-state index is -3.76. The molecule has 0 radical (unpaired) electrons. The highest BCUT2D eigenvalue weighted by atomic mass is 35.5. The lowest BCUT2D eigenvalue weighted by molar-refractivity contribution is -0.122. The summed E-state index contributed by atoms with van der Waals surface area (Å²) >= 11 is 5.97. The predicted octanol–water partition coefficient (Wildman–Crippen LogP) is 2.39. The molecule has 0 aliphatic rings. The zero-order chi connectivity index (χ0) is 17.0. The highest BCUT2D eigenvalue weighted by Crippen LogP contribution is 2.24. The molecule has 0 aliphatic carbocycles. The Morgan fingerprint density at radius 1 is 1.17 bits per heavy atom. The van der Waals surface area contributed by atoms with Crippen molar-refractivity contribution in [2.75, 3.05) is 5.32 Å². The van der Waals surface area contributed by atoms with Crippen molar-refractivity contribution >= 4 is 33.2 Å². The van der Waals surface area contributed by atoms with Crippen LogP contribution in [0.4, 0.5) is 5.69 Å². The number of ether oxygens (including phenoxy) is 1. The number of primary sulfonamides is 1. The van der Waals surface area contributed by atoms with Crippen LogP contribution in [0.3, 0.4) is 0 Å². The van der Waals surface area contributed by atoms with Crippen LogP contribution < -0.4 is 15.2 Å². The minimum absolute atomic E-state index is 0.0316. The third-order valence-electron chi connectivity index (χ3n) is 2.96. The van der Waals surface area contributed by atoms with Gasteiger partial charge in [-0.25, -0.2) is 13.6 Å². The van der Waals surface area contributed by atoms with Gasteiger partial charge in [-0.1, -0.05) is 23.7 Å². The Bertz CT molecular complexity index is 806. The Balaban J connectivity index is 2.02. The van der Waals surface area contributed by atoms with E-state index in [2.05, 4.69) is 5.32 Å². The Hall–Kier alpha value is -2.09. The molecule has 0 heterocycles. The number of nitrogens with one attached hydrogen (secondary N) is 1. The zero-order valence-corrected chi connectivity index (χ0v) is 13.8. The lowest BCUT2D eigenvalue weighted by Gasteiger charge is -2.15. The van der Waals surface area contributed by atoms with Crippen molar-refractivity contribution in [2.45, 2.75) is 17.9 Å². The Morgan fingerprint density at radius 3 is 2.35 bits per heavy atom. The molecule has 122 valence electrons. The van der Waals surface area contributed by atoms with Gasteiger partial charge < -0.3 is 10.1 Å². The number of benzene rings is 2. The fraction of sp³-hybridized carbons (Fsp3) is 0.133. The fourth-order valence-electron chi connectivity index (χ4n) is 1.76. The van der Waals surface area contributed by atoms with Crippen LogP contribution in [-0.4, -0.2) is 20.4 Å². The van der Waals surface area contributed by atoms with Gasteiger partial charge in [0.05, 0.1) is 9.92 Å². The molecule has 6 nitrogen and oxygen atoms in total. The van der Waals surface area contributed by atoms with E-state index in [0.717, 1.165) is 0 Å². The molecular weight excluding hydrogens is 340 g/mol. The number of halogens is 1. The van der Waals surface area contributed by atoms with Gasteiger partial charge >= 0.3 is 0 Å². The van der Waals surface area contributed by atoms with Crippen molar-refractivity contribution in [3.63, 3.8) is 0 Å². The highest BCUT2D eigenvalue weighted by Gasteiger charge is 2.16. The van der Waals surface area contributed by atoms with Crippen LogP contribution in [0.25, 0.3) is 0 Å². The third-order valence-corrected chi connectivity index (χ3v) is 4.20. The standard InChI is InChI=1S/C15H15ClN2O4S/c1-10(22-14-5-3-2-4-13(14)16)15(19)18-11-6-8-12(9-7-11)23(17,20)21/h2-10H,1H3,(H,18,19)(H2,17,20,21)/t10-/m1/s1. The Kier molecular flexibility index (Phi) is 5.25. The summed E-state index contributed by atoms with van der Waals surface area (Å²) in [6, 6.07) is 12.3. The first kappa shape index (κ1) is 17.3. The van der Waals surface area contributed by atoms with E-state index in [1.807, 2.05) is 0 Å². The van der Waals surface area contributed by atoms with Crippen LogP contribution in [0, 0.1) is 0 Å². The van der Waals surface area contributed by atoms with Gasteiger partial charge in [0.15, 0.2) is 6.10 Å². The van der Waals surface area contributed by atoms with E-state index < -0.39 is 22.0 Å². The van der Waals surface area contributed by atoms with Gasteiger partial charge in [0.2, 0.25) is 10.0 Å². The number of sulfonamides is 1. The number of anilines is 1. The second-order valence-corrected chi connectivity index (χ2v) is 6.72. The smallest absolute Gasteiger partial charge is 0.265 e. The van der Waals surface area contributed by atoms with E-state index in [1.165, 1.54) is 24.3 Å². The van der Waals surface area contributed by atoms with Crippen LogP contribution in [-0.2, 0) is 14.8 Å². The normalized spacial score (nSPS) is 12.5. The lowest BCUT2D eigenvalue weighted by Crippen LogP contribution is -2.30. The molecule has 2 aromatic rings. The van der Waals surface area contributed by atoms with Crippen LogP contribution >= 0.6 is 11.6 Å². The van der Waals surface area contributed by atoms with Crippen molar-refractivity contribution in [1.82, 2.24) is 0 Å². The molecule has 0 aromatic heterocycles. The average molecular weight is 355 g/mol. The Morgan fingerprint density at radius 2 is 1.78 bits per heavy atom. The summed E-state index contributed by atoms with van der Waals surface area (Å²) < 4.78 is 27.8. The number of para-hydroxylation sites is 1. The maximum atomic E-state index is 12.1. The number of amides is 1. The van der Waals surface area contributed by atoms with Gasteiger partial charge in [-0.3, -0.25) is 4.79 Å². The molecule has 0 aliphatic heterocycles. The van der Waals surface area contributed by atoms with E-state index >= 15 is 0 Å². The van der Waals surface area contributed by atoms with Crippen molar-refractivity contribution < 1.29 is 17.9 Å². The third kappa shape index (κ3) is 4.69. The van der Waals surface area contributed by atoms with Crippen molar-refractivity contribution in [3.8, 4) is 5.75 Å². The number of nitrogens with two attached hydrogens (primary N) is 1. The molecule has 1 atom stereocenters. The Labute approximate surface area is 139 Å². The molecule has 0 fully saturated rings. The molecule has 3 N–H and O–H groups in total. The monoisotopic (exact) mass is 354 g/mol. The maximum absolute atomic E-state index is 12.1. The highest BCUT2D eigenvalue weighted by molar-refractivity contribution is 7.89. The molecule has 2 rings (SSSR count). The molecule has 0 saturated carbocycles. The lowest BCUT2D eigenvalue weighted by atomic mass is 10.3. The molecule has 0 saturated heterocycles. The van der Waals surface area contributed by atoms with Gasteiger partial charge in [-0.15, -0.1) is 0 Å². The SMILES string of the molecule is C[C@@H](Oc1ccccc1Cl)C(=O)Nc1ccc(S(N)(=O)=O)cc1.